The van der Waals surface area contributed by atoms with Gasteiger partial charge < -0.3 is 25.0 Å². The number of benzene rings is 1. The van der Waals surface area contributed by atoms with E-state index in [2.05, 4.69) is 5.32 Å². The fourth-order valence-corrected chi connectivity index (χ4v) is 2.66. The number of hydrogen-bond donors (Lipinski definition) is 3. The standard InChI is InChI=1S/C15H21NO4.C2HF3O2/c1-19-13-9-10(15(17)18)8-12(14(13)20-2)16-11-6-4-3-5-7-11;3-2(4,5)1(6)7/h8-9,11,16H,3-7H2,1-2H3,(H,17,18);(H,6,7). The number of aromatic carboxylic acids is 1. The molecule has 152 valence electrons. The fourth-order valence-electron chi connectivity index (χ4n) is 2.66. The summed E-state index contributed by atoms with van der Waals surface area (Å²) >= 11 is 0. The maximum Gasteiger partial charge on any atom is 0.490 e. The van der Waals surface area contributed by atoms with Crippen molar-refractivity contribution in [1.29, 1.82) is 0 Å². The Morgan fingerprint density at radius 2 is 1.63 bits per heavy atom. The Balaban J connectivity index is 0.000000445. The number of ether oxygens (including phenoxy) is 2. The first-order valence-electron chi connectivity index (χ1n) is 8.16. The van der Waals surface area contributed by atoms with Crippen molar-refractivity contribution in [3.05, 3.63) is 17.7 Å². The van der Waals surface area contributed by atoms with Crippen LogP contribution in [0.25, 0.3) is 0 Å². The van der Waals surface area contributed by atoms with Crippen LogP contribution >= 0.6 is 0 Å². The highest BCUT2D eigenvalue weighted by Gasteiger charge is 2.38. The lowest BCUT2D eigenvalue weighted by molar-refractivity contribution is -0.192. The molecule has 10 heteroatoms. The first-order valence-corrected chi connectivity index (χ1v) is 8.16. The molecule has 1 saturated carbocycles. The van der Waals surface area contributed by atoms with Crippen LogP contribution in [0.1, 0.15) is 42.5 Å². The number of rotatable bonds is 5. The minimum atomic E-state index is -5.08. The van der Waals surface area contributed by atoms with Crippen LogP contribution < -0.4 is 14.8 Å². The van der Waals surface area contributed by atoms with Crippen molar-refractivity contribution in [2.45, 2.75) is 44.3 Å². The Morgan fingerprint density at radius 3 is 2.04 bits per heavy atom. The predicted molar refractivity (Wildman–Crippen MR) is 90.7 cm³/mol. The van der Waals surface area contributed by atoms with E-state index in [1.54, 1.807) is 13.2 Å². The monoisotopic (exact) mass is 393 g/mol. The lowest BCUT2D eigenvalue weighted by Gasteiger charge is -2.25. The topological polar surface area (TPSA) is 105 Å². The molecular weight excluding hydrogens is 371 g/mol. The van der Waals surface area contributed by atoms with Gasteiger partial charge in [0.2, 0.25) is 0 Å². The van der Waals surface area contributed by atoms with Crippen molar-refractivity contribution in [2.75, 3.05) is 19.5 Å². The van der Waals surface area contributed by atoms with Gasteiger partial charge in [-0.25, -0.2) is 9.59 Å². The highest BCUT2D eigenvalue weighted by Crippen LogP contribution is 2.38. The van der Waals surface area contributed by atoms with Crippen molar-refractivity contribution in [1.82, 2.24) is 0 Å². The number of hydrogen-bond acceptors (Lipinski definition) is 5. The second-order valence-electron chi connectivity index (χ2n) is 5.85. The number of carboxylic acid groups (broad SMARTS) is 2. The van der Waals surface area contributed by atoms with Gasteiger partial charge in [0, 0.05) is 6.04 Å². The molecule has 2 rings (SSSR count). The second-order valence-corrected chi connectivity index (χ2v) is 5.85. The quantitative estimate of drug-likeness (QED) is 0.699. The Labute approximate surface area is 154 Å². The maximum atomic E-state index is 11.2. The van der Waals surface area contributed by atoms with E-state index < -0.39 is 18.1 Å². The van der Waals surface area contributed by atoms with Gasteiger partial charge in [0.15, 0.2) is 11.5 Å². The summed E-state index contributed by atoms with van der Waals surface area (Å²) in [6.07, 6.45) is 0.796. The summed E-state index contributed by atoms with van der Waals surface area (Å²) in [6, 6.07) is 3.46. The van der Waals surface area contributed by atoms with Crippen molar-refractivity contribution in [2.24, 2.45) is 0 Å². The lowest BCUT2D eigenvalue weighted by atomic mass is 9.95. The van der Waals surface area contributed by atoms with Crippen molar-refractivity contribution in [3.8, 4) is 11.5 Å². The number of methoxy groups -OCH3 is 2. The molecule has 7 nitrogen and oxygen atoms in total. The van der Waals surface area contributed by atoms with Crippen LogP contribution in [0.15, 0.2) is 12.1 Å². The Hall–Kier alpha value is -2.65. The highest BCUT2D eigenvalue weighted by atomic mass is 19.4. The second kappa shape index (κ2) is 9.89. The molecule has 3 N–H and O–H groups in total. The third-order valence-electron chi connectivity index (χ3n) is 3.93. The van der Waals surface area contributed by atoms with E-state index in [0.717, 1.165) is 12.8 Å². The summed E-state index contributed by atoms with van der Waals surface area (Å²) in [5.41, 5.74) is 0.886. The average molecular weight is 393 g/mol. The molecule has 1 aliphatic rings. The number of nitrogens with one attached hydrogen (secondary N) is 1. The first-order chi connectivity index (χ1) is 12.6. The molecule has 0 spiro atoms. The van der Waals surface area contributed by atoms with E-state index in [1.165, 1.54) is 32.4 Å². The molecule has 0 aromatic heterocycles. The molecule has 1 aromatic carbocycles. The zero-order valence-electron chi connectivity index (χ0n) is 14.9. The average Bonchev–Trinajstić information content (AvgIpc) is 2.61. The van der Waals surface area contributed by atoms with Gasteiger partial charge in [-0.3, -0.25) is 0 Å². The third-order valence-corrected chi connectivity index (χ3v) is 3.93. The Bertz CT molecular complexity index is 657. The van der Waals surface area contributed by atoms with Crippen LogP contribution in [0.4, 0.5) is 18.9 Å². The number of aliphatic carboxylic acids is 1. The zero-order valence-corrected chi connectivity index (χ0v) is 14.9. The van der Waals surface area contributed by atoms with Gasteiger partial charge in [-0.2, -0.15) is 13.2 Å². The SMILES string of the molecule is COc1cc(C(=O)O)cc(NC2CCCCC2)c1OC.O=C(O)C(F)(F)F. The van der Waals surface area contributed by atoms with Crippen molar-refractivity contribution in [3.63, 3.8) is 0 Å². The van der Waals surface area contributed by atoms with E-state index in [9.17, 15) is 23.1 Å². The zero-order chi connectivity index (χ0) is 20.6. The number of carbonyl (C=O) groups is 2. The van der Waals surface area contributed by atoms with Crippen LogP contribution in [-0.2, 0) is 4.79 Å². The Kier molecular flexibility index (Phi) is 8.20. The highest BCUT2D eigenvalue weighted by molar-refractivity contribution is 5.91. The van der Waals surface area contributed by atoms with E-state index in [0.29, 0.717) is 23.2 Å². The normalized spacial score (nSPS) is 14.6. The summed E-state index contributed by atoms with van der Waals surface area (Å²) in [7, 11) is 3.07. The van der Waals surface area contributed by atoms with E-state index in [4.69, 9.17) is 19.4 Å². The van der Waals surface area contributed by atoms with Gasteiger partial charge >= 0.3 is 18.1 Å². The number of alkyl halides is 3. The van der Waals surface area contributed by atoms with Crippen LogP contribution in [0.2, 0.25) is 0 Å². The molecular formula is C17H22F3NO6. The van der Waals surface area contributed by atoms with Crippen LogP contribution in [-0.4, -0.2) is 48.6 Å². The van der Waals surface area contributed by atoms with Gasteiger partial charge in [-0.15, -0.1) is 0 Å². The maximum absolute atomic E-state index is 11.2. The summed E-state index contributed by atoms with van der Waals surface area (Å²) in [5, 5.41) is 19.7. The number of carboxylic acids is 2. The molecule has 0 radical (unpaired) electrons. The molecule has 1 fully saturated rings. The first kappa shape index (κ1) is 22.4. The van der Waals surface area contributed by atoms with Crippen molar-refractivity contribution < 1.29 is 42.4 Å². The van der Waals surface area contributed by atoms with Crippen LogP contribution in [0.3, 0.4) is 0 Å². The predicted octanol–water partition coefficient (Wildman–Crippen LogP) is 3.78. The van der Waals surface area contributed by atoms with Gasteiger partial charge in [0.25, 0.3) is 0 Å². The summed E-state index contributed by atoms with van der Waals surface area (Å²) in [4.78, 5) is 20.1. The summed E-state index contributed by atoms with van der Waals surface area (Å²) < 4.78 is 42.3. The summed E-state index contributed by atoms with van der Waals surface area (Å²) in [5.74, 6) is -2.74. The van der Waals surface area contributed by atoms with Crippen LogP contribution in [0.5, 0.6) is 11.5 Å². The van der Waals surface area contributed by atoms with E-state index in [1.807, 2.05) is 0 Å². The molecule has 0 unspecified atom stereocenters. The molecule has 27 heavy (non-hydrogen) atoms. The number of anilines is 1. The summed E-state index contributed by atoms with van der Waals surface area (Å²) in [6.45, 7) is 0. The molecule has 0 aliphatic heterocycles. The minimum Gasteiger partial charge on any atom is -0.493 e. The van der Waals surface area contributed by atoms with E-state index in [-0.39, 0.29) is 5.56 Å². The third kappa shape index (κ3) is 6.87. The smallest absolute Gasteiger partial charge is 0.490 e. The number of halogens is 3. The minimum absolute atomic E-state index is 0.195. The molecule has 0 heterocycles. The molecule has 0 amide bonds. The van der Waals surface area contributed by atoms with Crippen molar-refractivity contribution >= 4 is 17.6 Å². The van der Waals surface area contributed by atoms with Gasteiger partial charge in [-0.05, 0) is 25.0 Å². The Morgan fingerprint density at radius 1 is 1.07 bits per heavy atom. The van der Waals surface area contributed by atoms with E-state index >= 15 is 0 Å². The molecule has 0 atom stereocenters. The van der Waals surface area contributed by atoms with Crippen LogP contribution in [0, 0.1) is 0 Å². The largest absolute Gasteiger partial charge is 0.493 e. The molecule has 1 aromatic rings. The molecule has 1 aliphatic carbocycles. The van der Waals surface area contributed by atoms with Gasteiger partial charge in [0.1, 0.15) is 0 Å². The fraction of sp³-hybridized carbons (Fsp3) is 0.529. The molecule has 0 bridgehead atoms. The van der Waals surface area contributed by atoms with Gasteiger partial charge in [0.05, 0.1) is 25.5 Å². The van der Waals surface area contributed by atoms with Gasteiger partial charge in [-0.1, -0.05) is 19.3 Å². The lowest BCUT2D eigenvalue weighted by Crippen LogP contribution is -2.22. The molecule has 0 saturated heterocycles.